The summed E-state index contributed by atoms with van der Waals surface area (Å²) in [7, 11) is 0. The van der Waals surface area contributed by atoms with Gasteiger partial charge in [-0.05, 0) is 12.5 Å². The first-order valence-corrected chi connectivity index (χ1v) is 6.96. The second-order valence-electron chi connectivity index (χ2n) is 5.21. The van der Waals surface area contributed by atoms with E-state index in [9.17, 15) is 9.18 Å². The molecule has 2 saturated heterocycles. The third kappa shape index (κ3) is 2.81. The zero-order valence-electron chi connectivity index (χ0n) is 11.3. The van der Waals surface area contributed by atoms with Crippen LogP contribution in [0.25, 0.3) is 0 Å². The van der Waals surface area contributed by atoms with Crippen LogP contribution in [0.3, 0.4) is 0 Å². The Labute approximate surface area is 117 Å². The van der Waals surface area contributed by atoms with E-state index in [4.69, 9.17) is 4.74 Å². The van der Waals surface area contributed by atoms with Crippen molar-refractivity contribution in [2.45, 2.75) is 12.5 Å². The molecule has 1 aromatic rings. The number of amides is 1. The van der Waals surface area contributed by atoms with Crippen LogP contribution >= 0.6 is 0 Å². The highest BCUT2D eigenvalue weighted by Gasteiger charge is 2.31. The number of carbonyl (C=O) groups is 1. The van der Waals surface area contributed by atoms with Crippen LogP contribution in [0.4, 0.5) is 4.39 Å². The van der Waals surface area contributed by atoms with Crippen molar-refractivity contribution >= 4 is 5.91 Å². The van der Waals surface area contributed by atoms with Crippen LogP contribution < -0.4 is 0 Å². The number of carbonyl (C=O) groups excluding carboxylic acids is 1. The monoisotopic (exact) mass is 279 g/mol. The summed E-state index contributed by atoms with van der Waals surface area (Å²) in [5.74, 6) is -0.721. The fourth-order valence-corrected chi connectivity index (χ4v) is 2.89. The van der Waals surface area contributed by atoms with Crippen LogP contribution in [0, 0.1) is 5.95 Å². The molecule has 1 atom stereocenters. The van der Waals surface area contributed by atoms with Crippen LogP contribution in [0.1, 0.15) is 16.8 Å². The van der Waals surface area contributed by atoms with E-state index in [0.717, 1.165) is 39.3 Å². The summed E-state index contributed by atoms with van der Waals surface area (Å²) in [4.78, 5) is 20.0. The van der Waals surface area contributed by atoms with Crippen LogP contribution in [0.2, 0.25) is 0 Å². The van der Waals surface area contributed by atoms with E-state index < -0.39 is 5.95 Å². The van der Waals surface area contributed by atoms with Gasteiger partial charge in [0.1, 0.15) is 0 Å². The van der Waals surface area contributed by atoms with Gasteiger partial charge in [0.15, 0.2) is 0 Å². The summed E-state index contributed by atoms with van der Waals surface area (Å²) in [6.07, 6.45) is 2.30. The van der Waals surface area contributed by atoms with Gasteiger partial charge in [-0.2, -0.15) is 4.39 Å². The molecule has 2 aliphatic rings. The predicted octanol–water partition coefficient (Wildman–Crippen LogP) is 0.767. The molecular weight excluding hydrogens is 261 g/mol. The maximum absolute atomic E-state index is 13.1. The van der Waals surface area contributed by atoms with E-state index in [0.29, 0.717) is 18.2 Å². The maximum atomic E-state index is 13.1. The molecule has 108 valence electrons. The first kappa shape index (κ1) is 13.5. The molecule has 1 unspecified atom stereocenters. The minimum atomic E-state index is -0.611. The van der Waals surface area contributed by atoms with Crippen molar-refractivity contribution in [1.29, 1.82) is 0 Å². The Balaban J connectivity index is 1.63. The molecule has 0 aliphatic carbocycles. The van der Waals surface area contributed by atoms with Gasteiger partial charge < -0.3 is 9.64 Å². The molecule has 1 aromatic heterocycles. The van der Waals surface area contributed by atoms with Gasteiger partial charge in [0, 0.05) is 50.0 Å². The number of hydrogen-bond acceptors (Lipinski definition) is 4. The van der Waals surface area contributed by atoms with Gasteiger partial charge in [-0.25, -0.2) is 4.98 Å². The molecule has 0 saturated carbocycles. The Hall–Kier alpha value is -1.53. The van der Waals surface area contributed by atoms with Crippen LogP contribution in [0.15, 0.2) is 18.3 Å². The number of ether oxygens (including phenoxy) is 1. The summed E-state index contributed by atoms with van der Waals surface area (Å²) in [6.45, 7) is 4.82. The highest BCUT2D eigenvalue weighted by Crippen LogP contribution is 2.19. The smallest absolute Gasteiger partial charge is 0.254 e. The summed E-state index contributed by atoms with van der Waals surface area (Å²) in [5.41, 5.74) is 0.375. The number of nitrogens with zero attached hydrogens (tertiary/aromatic N) is 3. The number of aromatic nitrogens is 1. The topological polar surface area (TPSA) is 45.7 Å². The lowest BCUT2D eigenvalue weighted by Gasteiger charge is -2.32. The molecule has 0 aromatic carbocycles. The van der Waals surface area contributed by atoms with E-state index in [1.165, 1.54) is 12.3 Å². The quantitative estimate of drug-likeness (QED) is 0.750. The van der Waals surface area contributed by atoms with E-state index in [-0.39, 0.29) is 5.91 Å². The average Bonchev–Trinajstić information content (AvgIpc) is 2.97. The minimum absolute atomic E-state index is 0.109. The second kappa shape index (κ2) is 5.85. The van der Waals surface area contributed by atoms with Gasteiger partial charge in [0.25, 0.3) is 5.91 Å². The normalized spacial score (nSPS) is 24.1. The molecule has 3 heterocycles. The Morgan fingerprint density at radius 3 is 2.90 bits per heavy atom. The van der Waals surface area contributed by atoms with Gasteiger partial charge >= 0.3 is 0 Å². The number of likely N-dealkylation sites (tertiary alicyclic amines) is 1. The summed E-state index contributed by atoms with van der Waals surface area (Å²) in [5, 5.41) is 0. The molecule has 0 spiro atoms. The number of rotatable bonds is 2. The predicted molar refractivity (Wildman–Crippen MR) is 70.9 cm³/mol. The number of morpholine rings is 1. The third-order valence-corrected chi connectivity index (χ3v) is 3.99. The maximum Gasteiger partial charge on any atom is 0.254 e. The Bertz CT molecular complexity index is 491. The van der Waals surface area contributed by atoms with Crippen LogP contribution in [-0.2, 0) is 4.74 Å². The molecule has 3 rings (SSSR count). The van der Waals surface area contributed by atoms with Crippen LogP contribution in [-0.4, -0.2) is 66.1 Å². The van der Waals surface area contributed by atoms with Crippen molar-refractivity contribution in [2.75, 3.05) is 39.4 Å². The van der Waals surface area contributed by atoms with Crippen molar-refractivity contribution in [2.24, 2.45) is 0 Å². The second-order valence-corrected chi connectivity index (χ2v) is 5.21. The lowest BCUT2D eigenvalue weighted by atomic mass is 10.2. The highest BCUT2D eigenvalue weighted by molar-refractivity contribution is 5.94. The molecular formula is C14H18FN3O2. The first-order valence-electron chi connectivity index (χ1n) is 6.96. The molecule has 2 fully saturated rings. The van der Waals surface area contributed by atoms with Gasteiger partial charge in [0.2, 0.25) is 5.95 Å². The van der Waals surface area contributed by atoms with Crippen molar-refractivity contribution in [1.82, 2.24) is 14.8 Å². The lowest BCUT2D eigenvalue weighted by molar-refractivity contribution is 0.0185. The third-order valence-electron chi connectivity index (χ3n) is 3.99. The van der Waals surface area contributed by atoms with Gasteiger partial charge in [-0.1, -0.05) is 0 Å². The SMILES string of the molecule is O=C(c1ccnc(F)c1)N1CCC(N2CCOCC2)C1. The van der Waals surface area contributed by atoms with Crippen LogP contribution in [0.5, 0.6) is 0 Å². The molecule has 2 aliphatic heterocycles. The summed E-state index contributed by atoms with van der Waals surface area (Å²) in [6, 6.07) is 3.16. The fraction of sp³-hybridized carbons (Fsp3) is 0.571. The van der Waals surface area contributed by atoms with E-state index in [1.807, 2.05) is 0 Å². The fourth-order valence-electron chi connectivity index (χ4n) is 2.89. The number of hydrogen-bond donors (Lipinski definition) is 0. The van der Waals surface area contributed by atoms with Gasteiger partial charge in [-0.15, -0.1) is 0 Å². The molecule has 20 heavy (non-hydrogen) atoms. The molecule has 5 nitrogen and oxygen atoms in total. The Morgan fingerprint density at radius 1 is 1.35 bits per heavy atom. The molecule has 1 amide bonds. The van der Waals surface area contributed by atoms with Crippen molar-refractivity contribution in [3.63, 3.8) is 0 Å². The number of halogens is 1. The zero-order valence-corrected chi connectivity index (χ0v) is 11.3. The molecule has 0 N–H and O–H groups in total. The van der Waals surface area contributed by atoms with Crippen molar-refractivity contribution in [3.05, 3.63) is 29.8 Å². The summed E-state index contributed by atoms with van der Waals surface area (Å²) < 4.78 is 18.4. The molecule has 6 heteroatoms. The molecule has 0 radical (unpaired) electrons. The van der Waals surface area contributed by atoms with E-state index >= 15 is 0 Å². The van der Waals surface area contributed by atoms with E-state index in [2.05, 4.69) is 9.88 Å². The summed E-state index contributed by atoms with van der Waals surface area (Å²) >= 11 is 0. The van der Waals surface area contributed by atoms with E-state index in [1.54, 1.807) is 11.0 Å². The lowest BCUT2D eigenvalue weighted by Crippen LogP contribution is -2.45. The zero-order chi connectivity index (χ0) is 13.9. The Kier molecular flexibility index (Phi) is 3.93. The Morgan fingerprint density at radius 2 is 2.15 bits per heavy atom. The van der Waals surface area contributed by atoms with Crippen molar-refractivity contribution in [3.8, 4) is 0 Å². The number of pyridine rings is 1. The average molecular weight is 279 g/mol. The molecule has 0 bridgehead atoms. The minimum Gasteiger partial charge on any atom is -0.379 e. The standard InChI is InChI=1S/C14H18FN3O2/c15-13-9-11(1-3-16-13)14(19)18-4-2-12(10-18)17-5-7-20-8-6-17/h1,3,9,12H,2,4-8,10H2. The largest absolute Gasteiger partial charge is 0.379 e. The van der Waals surface area contributed by atoms with Gasteiger partial charge in [0.05, 0.1) is 13.2 Å². The van der Waals surface area contributed by atoms with Crippen molar-refractivity contribution < 1.29 is 13.9 Å². The first-order chi connectivity index (χ1) is 9.74. The van der Waals surface area contributed by atoms with Gasteiger partial charge in [-0.3, -0.25) is 9.69 Å². The highest BCUT2D eigenvalue weighted by atomic mass is 19.1.